The summed E-state index contributed by atoms with van der Waals surface area (Å²) in [5.41, 5.74) is 13.1. The maximum absolute atomic E-state index is 12.2. The summed E-state index contributed by atoms with van der Waals surface area (Å²) in [6.45, 7) is 0. The molecule has 0 fully saturated rings. The zero-order chi connectivity index (χ0) is 20.8. The second-order valence-corrected chi connectivity index (χ2v) is 6.68. The van der Waals surface area contributed by atoms with Crippen molar-refractivity contribution < 1.29 is 14.3 Å². The predicted octanol–water partition coefficient (Wildman–Crippen LogP) is 3.11. The molecule has 0 saturated carbocycles. The van der Waals surface area contributed by atoms with Gasteiger partial charge < -0.3 is 15.8 Å². The molecule has 0 unspecified atom stereocenters. The molecule has 0 saturated heterocycles. The number of carbonyl (C=O) groups is 2. The van der Waals surface area contributed by atoms with E-state index in [1.807, 2.05) is 0 Å². The van der Waals surface area contributed by atoms with Gasteiger partial charge in [-0.15, -0.1) is 0 Å². The summed E-state index contributed by atoms with van der Waals surface area (Å²) in [7, 11) is 1.32. The maximum atomic E-state index is 12.2. The first-order valence-corrected chi connectivity index (χ1v) is 9.15. The third-order valence-corrected chi connectivity index (χ3v) is 4.38. The normalized spacial score (nSPS) is 10.1. The second-order valence-electron chi connectivity index (χ2n) is 5.76. The highest BCUT2D eigenvalue weighted by Crippen LogP contribution is 2.25. The molecular weight excluding hydrogens is 440 g/mol. The topological polar surface area (TPSA) is 131 Å². The minimum atomic E-state index is -0.425. The Morgan fingerprint density at radius 2 is 1.59 bits per heavy atom. The van der Waals surface area contributed by atoms with Crippen LogP contribution >= 0.6 is 15.9 Å². The van der Waals surface area contributed by atoms with Gasteiger partial charge in [0.2, 0.25) is 0 Å². The highest BCUT2D eigenvalue weighted by atomic mass is 79.9. The number of carbonyl (C=O) groups excluding carboxylic acids is 2. The maximum Gasteiger partial charge on any atom is 0.337 e. The Balaban J connectivity index is 1.68. The zero-order valence-electron chi connectivity index (χ0n) is 15.3. The van der Waals surface area contributed by atoms with Gasteiger partial charge in [0.25, 0.3) is 5.91 Å². The molecule has 10 heteroatoms. The average Bonchev–Trinajstić information content (AvgIpc) is 2.74. The minimum absolute atomic E-state index is 0.209. The van der Waals surface area contributed by atoms with Gasteiger partial charge in [-0.25, -0.2) is 14.8 Å². The first kappa shape index (κ1) is 20.1. The Hall–Kier alpha value is -3.66. The Morgan fingerprint density at radius 3 is 2.24 bits per heavy atom. The molecular formula is C19H17BrN6O3. The van der Waals surface area contributed by atoms with E-state index in [4.69, 9.17) is 5.73 Å². The monoisotopic (exact) mass is 456 g/mol. The molecule has 5 N–H and O–H groups in total. The minimum Gasteiger partial charge on any atom is -0.465 e. The van der Waals surface area contributed by atoms with Crippen LogP contribution in [-0.4, -0.2) is 29.0 Å². The van der Waals surface area contributed by atoms with E-state index in [0.717, 1.165) is 4.47 Å². The third kappa shape index (κ3) is 4.99. The number of ether oxygens (including phenoxy) is 1. The Labute approximate surface area is 174 Å². The summed E-state index contributed by atoms with van der Waals surface area (Å²) in [5.74, 6) is -0.195. The summed E-state index contributed by atoms with van der Waals surface area (Å²) in [6, 6.07) is 13.5. The number of hydrogen-bond acceptors (Lipinski definition) is 8. The van der Waals surface area contributed by atoms with Gasteiger partial charge in [0.15, 0.2) is 11.6 Å². The molecule has 0 aliphatic carbocycles. The van der Waals surface area contributed by atoms with Crippen LogP contribution in [0.2, 0.25) is 0 Å². The molecule has 2 aromatic carbocycles. The van der Waals surface area contributed by atoms with Crippen molar-refractivity contribution in [1.29, 1.82) is 0 Å². The SMILES string of the molecule is COC(=O)c1ccc(Nc2ncnc(NNC(=O)c3ccc(Br)cc3)c2N)cc1. The molecule has 0 aliphatic rings. The van der Waals surface area contributed by atoms with Crippen LogP contribution in [0.4, 0.5) is 23.0 Å². The molecule has 29 heavy (non-hydrogen) atoms. The number of halogens is 1. The molecule has 0 radical (unpaired) electrons. The summed E-state index contributed by atoms with van der Waals surface area (Å²) in [4.78, 5) is 31.8. The number of anilines is 4. The summed E-state index contributed by atoms with van der Waals surface area (Å²) >= 11 is 3.32. The van der Waals surface area contributed by atoms with Crippen molar-refractivity contribution >= 4 is 50.8 Å². The molecule has 1 aromatic heterocycles. The van der Waals surface area contributed by atoms with E-state index in [1.54, 1.807) is 48.5 Å². The van der Waals surface area contributed by atoms with Crippen LogP contribution < -0.4 is 21.9 Å². The standard InChI is InChI=1S/C19H17BrN6O3/c1-29-19(28)12-4-8-14(9-5-12)24-16-15(21)17(23-10-22-16)25-26-18(27)11-2-6-13(20)7-3-11/h2-10H,21H2,1H3,(H,26,27)(H2,22,23,24,25). The number of nitrogens with one attached hydrogen (secondary N) is 3. The van der Waals surface area contributed by atoms with Crippen LogP contribution in [0.3, 0.4) is 0 Å². The van der Waals surface area contributed by atoms with Crippen molar-refractivity contribution in [3.05, 3.63) is 70.5 Å². The van der Waals surface area contributed by atoms with E-state index < -0.39 is 5.97 Å². The van der Waals surface area contributed by atoms with Gasteiger partial charge in [0.05, 0.1) is 12.7 Å². The number of hydrogen-bond donors (Lipinski definition) is 4. The third-order valence-electron chi connectivity index (χ3n) is 3.85. The summed E-state index contributed by atoms with van der Waals surface area (Å²) in [5, 5.41) is 3.04. The molecule has 1 amide bonds. The molecule has 148 valence electrons. The average molecular weight is 457 g/mol. The fourth-order valence-corrected chi connectivity index (χ4v) is 2.59. The van der Waals surface area contributed by atoms with Gasteiger partial charge in [0.1, 0.15) is 12.0 Å². The lowest BCUT2D eigenvalue weighted by Gasteiger charge is -2.13. The molecule has 0 spiro atoms. The van der Waals surface area contributed by atoms with Gasteiger partial charge in [-0.3, -0.25) is 15.6 Å². The molecule has 3 aromatic rings. The largest absolute Gasteiger partial charge is 0.465 e. The highest BCUT2D eigenvalue weighted by Gasteiger charge is 2.11. The predicted molar refractivity (Wildman–Crippen MR) is 113 cm³/mol. The molecule has 1 heterocycles. The fourth-order valence-electron chi connectivity index (χ4n) is 2.33. The number of methoxy groups -OCH3 is 1. The first-order valence-electron chi connectivity index (χ1n) is 8.35. The van der Waals surface area contributed by atoms with Crippen LogP contribution in [-0.2, 0) is 4.74 Å². The van der Waals surface area contributed by atoms with Crippen molar-refractivity contribution in [2.45, 2.75) is 0 Å². The van der Waals surface area contributed by atoms with Gasteiger partial charge >= 0.3 is 5.97 Å². The number of aromatic nitrogens is 2. The van der Waals surface area contributed by atoms with Gasteiger partial charge in [0, 0.05) is 15.7 Å². The van der Waals surface area contributed by atoms with Gasteiger partial charge in [-0.05, 0) is 48.5 Å². The first-order chi connectivity index (χ1) is 14.0. The van der Waals surface area contributed by atoms with Gasteiger partial charge in [-0.1, -0.05) is 15.9 Å². The van der Waals surface area contributed by atoms with Crippen molar-refractivity contribution in [2.75, 3.05) is 23.6 Å². The number of amides is 1. The molecule has 3 rings (SSSR count). The molecule has 0 atom stereocenters. The second kappa shape index (κ2) is 9.02. The summed E-state index contributed by atoms with van der Waals surface area (Å²) < 4.78 is 5.54. The quantitative estimate of drug-likeness (QED) is 0.328. The van der Waals surface area contributed by atoms with E-state index in [1.165, 1.54) is 13.4 Å². The van der Waals surface area contributed by atoms with Crippen molar-refractivity contribution in [2.24, 2.45) is 0 Å². The number of nitrogens with zero attached hydrogens (tertiary/aromatic N) is 2. The number of nitrogens with two attached hydrogens (primary N) is 1. The number of nitrogen functional groups attached to an aromatic ring is 1. The van der Waals surface area contributed by atoms with Crippen molar-refractivity contribution in [3.8, 4) is 0 Å². The van der Waals surface area contributed by atoms with Crippen LogP contribution in [0, 0.1) is 0 Å². The lowest BCUT2D eigenvalue weighted by atomic mass is 10.2. The van der Waals surface area contributed by atoms with E-state index in [-0.39, 0.29) is 17.4 Å². The van der Waals surface area contributed by atoms with Crippen molar-refractivity contribution in [1.82, 2.24) is 15.4 Å². The summed E-state index contributed by atoms with van der Waals surface area (Å²) in [6.07, 6.45) is 1.30. The van der Waals surface area contributed by atoms with Crippen LogP contribution in [0.1, 0.15) is 20.7 Å². The lowest BCUT2D eigenvalue weighted by molar-refractivity contribution is 0.0600. The van der Waals surface area contributed by atoms with E-state index in [2.05, 4.69) is 46.8 Å². The van der Waals surface area contributed by atoms with E-state index in [9.17, 15) is 9.59 Å². The lowest BCUT2D eigenvalue weighted by Crippen LogP contribution is -2.30. The van der Waals surface area contributed by atoms with E-state index >= 15 is 0 Å². The Morgan fingerprint density at radius 1 is 0.966 bits per heavy atom. The van der Waals surface area contributed by atoms with E-state index in [0.29, 0.717) is 22.6 Å². The number of esters is 1. The Kier molecular flexibility index (Phi) is 6.25. The highest BCUT2D eigenvalue weighted by molar-refractivity contribution is 9.10. The number of benzene rings is 2. The number of hydrazine groups is 1. The van der Waals surface area contributed by atoms with Crippen molar-refractivity contribution in [3.63, 3.8) is 0 Å². The fraction of sp³-hybridized carbons (Fsp3) is 0.0526. The zero-order valence-corrected chi connectivity index (χ0v) is 16.9. The van der Waals surface area contributed by atoms with Gasteiger partial charge in [-0.2, -0.15) is 0 Å². The van der Waals surface area contributed by atoms with Crippen LogP contribution in [0.5, 0.6) is 0 Å². The van der Waals surface area contributed by atoms with Crippen LogP contribution in [0.15, 0.2) is 59.3 Å². The van der Waals surface area contributed by atoms with Crippen LogP contribution in [0.25, 0.3) is 0 Å². The molecule has 0 bridgehead atoms. The molecule has 0 aliphatic heterocycles. The smallest absolute Gasteiger partial charge is 0.337 e. The number of rotatable bonds is 6. The molecule has 9 nitrogen and oxygen atoms in total. The Bertz CT molecular complexity index is 1030.